The van der Waals surface area contributed by atoms with E-state index in [1.807, 2.05) is 24.4 Å². The molecule has 0 amide bonds. The molecule has 2 aromatic heterocycles. The molecule has 6 nitrogen and oxygen atoms in total. The summed E-state index contributed by atoms with van der Waals surface area (Å²) < 4.78 is 5.52. The van der Waals surface area contributed by atoms with Gasteiger partial charge in [-0.2, -0.15) is 0 Å². The van der Waals surface area contributed by atoms with Gasteiger partial charge in [-0.1, -0.05) is 31.2 Å². The summed E-state index contributed by atoms with van der Waals surface area (Å²) in [7, 11) is 0. The maximum absolute atomic E-state index is 5.52. The molecule has 1 aromatic carbocycles. The van der Waals surface area contributed by atoms with E-state index in [0.717, 1.165) is 37.5 Å². The highest BCUT2D eigenvalue weighted by Gasteiger charge is 2.04. The maximum Gasteiger partial charge on any atom is 0.213 e. The van der Waals surface area contributed by atoms with Crippen molar-refractivity contribution in [1.82, 2.24) is 20.6 Å². The Labute approximate surface area is 166 Å². The van der Waals surface area contributed by atoms with Crippen molar-refractivity contribution >= 4 is 16.9 Å². The fraction of sp³-hybridized carbons (Fsp3) is 0.364. The number of H-pyrrole nitrogens is 1. The Morgan fingerprint density at radius 3 is 2.82 bits per heavy atom. The number of benzene rings is 1. The number of aromatic amines is 1. The number of nitrogens with zero attached hydrogens (tertiary/aromatic N) is 2. The quantitative estimate of drug-likeness (QED) is 0.392. The van der Waals surface area contributed by atoms with Crippen molar-refractivity contribution in [1.29, 1.82) is 0 Å². The fourth-order valence-corrected chi connectivity index (χ4v) is 2.96. The van der Waals surface area contributed by atoms with E-state index in [9.17, 15) is 0 Å². The van der Waals surface area contributed by atoms with Crippen LogP contribution in [0.15, 0.2) is 53.8 Å². The summed E-state index contributed by atoms with van der Waals surface area (Å²) in [5, 5.41) is 7.99. The van der Waals surface area contributed by atoms with Crippen LogP contribution >= 0.6 is 0 Å². The Morgan fingerprint density at radius 1 is 1.14 bits per heavy atom. The SMILES string of the molecule is CCCOc1ccc(CN=C(NCC)NCCc2c[nH]c3ccccc23)cn1. The molecule has 0 bridgehead atoms. The van der Waals surface area contributed by atoms with Crippen LogP contribution in [0.5, 0.6) is 5.88 Å². The van der Waals surface area contributed by atoms with Crippen molar-refractivity contribution in [3.8, 4) is 5.88 Å². The zero-order valence-electron chi connectivity index (χ0n) is 16.7. The second-order valence-electron chi connectivity index (χ2n) is 6.58. The van der Waals surface area contributed by atoms with Crippen molar-refractivity contribution in [3.63, 3.8) is 0 Å². The molecule has 148 valence electrons. The van der Waals surface area contributed by atoms with Gasteiger partial charge >= 0.3 is 0 Å². The number of rotatable bonds is 9. The molecule has 0 atom stereocenters. The number of aliphatic imine (C=N–C) groups is 1. The summed E-state index contributed by atoms with van der Waals surface area (Å²) in [6, 6.07) is 12.3. The Bertz CT molecular complexity index is 885. The van der Waals surface area contributed by atoms with Gasteiger partial charge in [0.1, 0.15) is 0 Å². The number of guanidine groups is 1. The first-order valence-electron chi connectivity index (χ1n) is 9.95. The number of pyridine rings is 1. The molecule has 3 rings (SSSR count). The van der Waals surface area contributed by atoms with Gasteiger partial charge in [0.2, 0.25) is 5.88 Å². The molecule has 0 aliphatic rings. The number of aromatic nitrogens is 2. The normalized spacial score (nSPS) is 11.6. The van der Waals surface area contributed by atoms with Gasteiger partial charge < -0.3 is 20.4 Å². The molecule has 28 heavy (non-hydrogen) atoms. The van der Waals surface area contributed by atoms with Gasteiger partial charge in [-0.3, -0.25) is 0 Å². The Kier molecular flexibility index (Phi) is 7.29. The van der Waals surface area contributed by atoms with Crippen molar-refractivity contribution in [2.45, 2.75) is 33.2 Å². The van der Waals surface area contributed by atoms with Gasteiger partial charge in [0.05, 0.1) is 13.2 Å². The van der Waals surface area contributed by atoms with Crippen molar-refractivity contribution in [3.05, 3.63) is 59.9 Å². The molecule has 0 fully saturated rings. The van der Waals surface area contributed by atoms with Gasteiger partial charge in [-0.05, 0) is 37.0 Å². The summed E-state index contributed by atoms with van der Waals surface area (Å²) in [6.07, 6.45) is 5.82. The van der Waals surface area contributed by atoms with Crippen LogP contribution in [0.2, 0.25) is 0 Å². The molecule has 6 heteroatoms. The molecule has 2 heterocycles. The third-order valence-electron chi connectivity index (χ3n) is 4.38. The number of hydrogen-bond acceptors (Lipinski definition) is 3. The van der Waals surface area contributed by atoms with Crippen LogP contribution in [0.25, 0.3) is 10.9 Å². The first-order valence-corrected chi connectivity index (χ1v) is 9.95. The van der Waals surface area contributed by atoms with Crippen molar-refractivity contribution in [2.24, 2.45) is 4.99 Å². The average molecular weight is 380 g/mol. The van der Waals surface area contributed by atoms with E-state index < -0.39 is 0 Å². The number of nitrogens with one attached hydrogen (secondary N) is 3. The number of ether oxygens (including phenoxy) is 1. The number of fused-ring (bicyclic) bond motifs is 1. The predicted octanol–water partition coefficient (Wildman–Crippen LogP) is 3.65. The number of para-hydroxylation sites is 1. The molecular weight excluding hydrogens is 350 g/mol. The standard InChI is InChI=1S/C22H29N5O/c1-3-13-28-21-10-9-17(14-26-21)15-27-22(23-4-2)24-12-11-18-16-25-20-8-6-5-7-19(18)20/h5-10,14,16,25H,3-4,11-13,15H2,1-2H3,(H2,23,24,27). The minimum Gasteiger partial charge on any atom is -0.478 e. The monoisotopic (exact) mass is 379 g/mol. The molecule has 0 saturated heterocycles. The highest BCUT2D eigenvalue weighted by molar-refractivity contribution is 5.83. The molecule has 0 unspecified atom stereocenters. The summed E-state index contributed by atoms with van der Waals surface area (Å²) in [5.41, 5.74) is 3.54. The van der Waals surface area contributed by atoms with Crippen molar-refractivity contribution in [2.75, 3.05) is 19.7 Å². The summed E-state index contributed by atoms with van der Waals surface area (Å²) in [6.45, 7) is 7.05. The lowest BCUT2D eigenvalue weighted by Gasteiger charge is -2.11. The summed E-state index contributed by atoms with van der Waals surface area (Å²) in [5.74, 6) is 1.48. The lowest BCUT2D eigenvalue weighted by molar-refractivity contribution is 0.305. The predicted molar refractivity (Wildman–Crippen MR) is 115 cm³/mol. The van der Waals surface area contributed by atoms with Gasteiger partial charge in [-0.25, -0.2) is 9.98 Å². The van der Waals surface area contributed by atoms with Gasteiger partial charge in [0.15, 0.2) is 5.96 Å². The lowest BCUT2D eigenvalue weighted by Crippen LogP contribution is -2.38. The van der Waals surface area contributed by atoms with Crippen LogP contribution in [0, 0.1) is 0 Å². The van der Waals surface area contributed by atoms with Crippen LogP contribution in [-0.2, 0) is 13.0 Å². The second kappa shape index (κ2) is 10.3. The van der Waals surface area contributed by atoms with Gasteiger partial charge in [-0.15, -0.1) is 0 Å². The van der Waals surface area contributed by atoms with E-state index in [2.05, 4.69) is 63.8 Å². The zero-order valence-corrected chi connectivity index (χ0v) is 16.7. The van der Waals surface area contributed by atoms with E-state index in [4.69, 9.17) is 4.74 Å². The Hall–Kier alpha value is -3.02. The smallest absolute Gasteiger partial charge is 0.213 e. The van der Waals surface area contributed by atoms with Crippen LogP contribution in [0.3, 0.4) is 0 Å². The molecule has 0 spiro atoms. The van der Waals surface area contributed by atoms with E-state index in [-0.39, 0.29) is 0 Å². The van der Waals surface area contributed by atoms with E-state index in [1.54, 1.807) is 0 Å². The largest absolute Gasteiger partial charge is 0.478 e. The van der Waals surface area contributed by atoms with Crippen LogP contribution in [-0.4, -0.2) is 35.6 Å². The van der Waals surface area contributed by atoms with Crippen LogP contribution in [0.1, 0.15) is 31.4 Å². The first kappa shape index (κ1) is 19.7. The molecule has 3 aromatic rings. The Balaban J connectivity index is 1.53. The van der Waals surface area contributed by atoms with Crippen molar-refractivity contribution < 1.29 is 4.74 Å². The van der Waals surface area contributed by atoms with E-state index in [1.165, 1.54) is 16.5 Å². The summed E-state index contributed by atoms with van der Waals surface area (Å²) in [4.78, 5) is 12.3. The lowest BCUT2D eigenvalue weighted by atomic mass is 10.1. The molecule has 0 aliphatic heterocycles. The van der Waals surface area contributed by atoms with Gasteiger partial charge in [0, 0.05) is 42.5 Å². The topological polar surface area (TPSA) is 74.3 Å². The number of hydrogen-bond donors (Lipinski definition) is 3. The molecular formula is C22H29N5O. The molecule has 0 radical (unpaired) electrons. The summed E-state index contributed by atoms with van der Waals surface area (Å²) >= 11 is 0. The van der Waals surface area contributed by atoms with Crippen LogP contribution in [0.4, 0.5) is 0 Å². The van der Waals surface area contributed by atoms with E-state index in [0.29, 0.717) is 19.0 Å². The van der Waals surface area contributed by atoms with Crippen LogP contribution < -0.4 is 15.4 Å². The minimum absolute atomic E-state index is 0.573. The van der Waals surface area contributed by atoms with E-state index >= 15 is 0 Å². The average Bonchev–Trinajstić information content (AvgIpc) is 3.14. The highest BCUT2D eigenvalue weighted by atomic mass is 16.5. The zero-order chi connectivity index (χ0) is 19.6. The molecule has 3 N–H and O–H groups in total. The molecule has 0 saturated carbocycles. The minimum atomic E-state index is 0.573. The fourth-order valence-electron chi connectivity index (χ4n) is 2.96. The third kappa shape index (κ3) is 5.49. The maximum atomic E-state index is 5.52. The Morgan fingerprint density at radius 2 is 2.04 bits per heavy atom. The third-order valence-corrected chi connectivity index (χ3v) is 4.38. The second-order valence-corrected chi connectivity index (χ2v) is 6.58. The highest BCUT2D eigenvalue weighted by Crippen LogP contribution is 2.17. The first-order chi connectivity index (χ1) is 13.8. The van der Waals surface area contributed by atoms with Gasteiger partial charge in [0.25, 0.3) is 0 Å². The molecule has 0 aliphatic carbocycles.